The third-order valence-corrected chi connectivity index (χ3v) is 6.84. The highest BCUT2D eigenvalue weighted by molar-refractivity contribution is 7.99. The molecule has 4 aromatic rings. The van der Waals surface area contributed by atoms with E-state index in [1.54, 1.807) is 11.8 Å². The number of morpholine rings is 1. The lowest BCUT2D eigenvalue weighted by atomic mass is 10.0. The Hall–Kier alpha value is -3.43. The number of benzene rings is 2. The first-order chi connectivity index (χ1) is 17.6. The molecule has 5 rings (SSSR count). The number of thioether (sulfide) groups is 1. The molecule has 1 saturated heterocycles. The Bertz CT molecular complexity index is 1320. The van der Waals surface area contributed by atoms with E-state index in [-0.39, 0.29) is 5.91 Å². The first-order valence-electron chi connectivity index (χ1n) is 12.2. The zero-order valence-electron chi connectivity index (χ0n) is 20.6. The zero-order chi connectivity index (χ0) is 24.9. The highest BCUT2D eigenvalue weighted by atomic mass is 32.2. The van der Waals surface area contributed by atoms with Crippen LogP contribution >= 0.6 is 11.8 Å². The number of hydrogen-bond donors (Lipinski definition) is 1. The van der Waals surface area contributed by atoms with Crippen LogP contribution in [-0.2, 0) is 11.3 Å². The first kappa shape index (κ1) is 24.3. The van der Waals surface area contributed by atoms with Crippen molar-refractivity contribution in [1.29, 1.82) is 0 Å². The molecule has 0 spiro atoms. The third-order valence-electron chi connectivity index (χ3n) is 5.97. The summed E-state index contributed by atoms with van der Waals surface area (Å²) in [7, 11) is 0. The summed E-state index contributed by atoms with van der Waals surface area (Å²) >= 11 is 1.64. The summed E-state index contributed by atoms with van der Waals surface area (Å²) in [4.78, 5) is 24.6. The monoisotopic (exact) mass is 502 g/mol. The molecule has 0 bridgehead atoms. The molecule has 0 radical (unpaired) electrons. The quantitative estimate of drug-likeness (QED) is 0.285. The van der Waals surface area contributed by atoms with Gasteiger partial charge in [-0.25, -0.2) is 14.6 Å². The number of carbonyl (C=O) groups is 1. The van der Waals surface area contributed by atoms with Gasteiger partial charge in [0, 0.05) is 30.4 Å². The average molecular weight is 503 g/mol. The van der Waals surface area contributed by atoms with Gasteiger partial charge in [0.25, 0.3) is 5.91 Å². The highest BCUT2D eigenvalue weighted by Gasteiger charge is 2.20. The molecule has 0 aliphatic carbocycles. The second-order valence-corrected chi connectivity index (χ2v) is 10.4. The van der Waals surface area contributed by atoms with Gasteiger partial charge < -0.3 is 15.0 Å². The Labute approximate surface area is 215 Å². The molecular weight excluding hydrogens is 472 g/mol. The van der Waals surface area contributed by atoms with Crippen LogP contribution in [0.1, 0.15) is 24.2 Å². The van der Waals surface area contributed by atoms with Gasteiger partial charge in [-0.2, -0.15) is 5.10 Å². The van der Waals surface area contributed by atoms with E-state index in [1.165, 1.54) is 0 Å². The topological polar surface area (TPSA) is 85.2 Å². The van der Waals surface area contributed by atoms with Crippen LogP contribution in [0, 0.1) is 0 Å². The van der Waals surface area contributed by atoms with Gasteiger partial charge in [-0.05, 0) is 23.3 Å². The SMILES string of the molecule is CC(C)Sc1nc(N2CCOCC2)c2cnn(CCNC(=O)c3ccc(-c4ccccc4)cc3)c2n1. The molecule has 1 aliphatic rings. The highest BCUT2D eigenvalue weighted by Crippen LogP contribution is 2.29. The predicted molar refractivity (Wildman–Crippen MR) is 144 cm³/mol. The molecule has 0 saturated carbocycles. The molecule has 0 unspecified atom stereocenters. The summed E-state index contributed by atoms with van der Waals surface area (Å²) in [5, 5.41) is 9.62. The maximum Gasteiger partial charge on any atom is 0.251 e. The van der Waals surface area contributed by atoms with Gasteiger partial charge in [-0.1, -0.05) is 68.1 Å². The second-order valence-electron chi connectivity index (χ2n) is 8.90. The fourth-order valence-corrected chi connectivity index (χ4v) is 4.89. The van der Waals surface area contributed by atoms with Crippen LogP contribution in [0.15, 0.2) is 66.0 Å². The summed E-state index contributed by atoms with van der Waals surface area (Å²) in [6, 6.07) is 17.8. The van der Waals surface area contributed by atoms with Crippen LogP contribution in [0.25, 0.3) is 22.2 Å². The van der Waals surface area contributed by atoms with Gasteiger partial charge in [0.15, 0.2) is 10.8 Å². The molecule has 1 amide bonds. The number of nitrogens with one attached hydrogen (secondary N) is 1. The Morgan fingerprint density at radius 3 is 2.47 bits per heavy atom. The first-order valence-corrected chi connectivity index (χ1v) is 13.1. The normalized spacial score (nSPS) is 13.9. The molecule has 186 valence electrons. The van der Waals surface area contributed by atoms with Crippen LogP contribution in [0.2, 0.25) is 0 Å². The molecule has 1 N–H and O–H groups in total. The number of aromatic nitrogens is 4. The molecule has 0 atom stereocenters. The van der Waals surface area contributed by atoms with E-state index in [1.807, 2.05) is 53.3 Å². The summed E-state index contributed by atoms with van der Waals surface area (Å²) in [6.45, 7) is 8.18. The van der Waals surface area contributed by atoms with Gasteiger partial charge in [0.05, 0.1) is 31.3 Å². The van der Waals surface area contributed by atoms with Crippen molar-refractivity contribution < 1.29 is 9.53 Å². The van der Waals surface area contributed by atoms with Crippen molar-refractivity contribution in [3.63, 3.8) is 0 Å². The molecule has 9 heteroatoms. The molecular formula is C27H30N6O2S. The van der Waals surface area contributed by atoms with E-state index in [9.17, 15) is 4.79 Å². The smallest absolute Gasteiger partial charge is 0.251 e. The molecule has 36 heavy (non-hydrogen) atoms. The van der Waals surface area contributed by atoms with Crippen LogP contribution in [0.3, 0.4) is 0 Å². The fourth-order valence-electron chi connectivity index (χ4n) is 4.19. The van der Waals surface area contributed by atoms with Gasteiger partial charge in [0.2, 0.25) is 0 Å². The standard InChI is InChI=1S/C27H30N6O2S/c1-19(2)36-27-30-24(32-14-16-35-17-15-32)23-18-29-33(25(23)31-27)13-12-28-26(34)22-10-8-21(9-11-22)20-6-4-3-5-7-20/h3-11,18-19H,12-17H2,1-2H3,(H,28,34). The van der Waals surface area contributed by atoms with Crippen LogP contribution < -0.4 is 10.2 Å². The van der Waals surface area contributed by atoms with Crippen LogP contribution in [0.5, 0.6) is 0 Å². The number of carbonyl (C=O) groups excluding carboxylic acids is 1. The lowest BCUT2D eigenvalue weighted by Crippen LogP contribution is -2.37. The lowest BCUT2D eigenvalue weighted by Gasteiger charge is -2.28. The number of fused-ring (bicyclic) bond motifs is 1. The Morgan fingerprint density at radius 1 is 1.03 bits per heavy atom. The summed E-state index contributed by atoms with van der Waals surface area (Å²) < 4.78 is 7.37. The van der Waals surface area contributed by atoms with Crippen molar-refractivity contribution in [3.05, 3.63) is 66.4 Å². The maximum atomic E-state index is 12.7. The maximum absolute atomic E-state index is 12.7. The van der Waals surface area contributed by atoms with Gasteiger partial charge in [-0.3, -0.25) is 4.79 Å². The van der Waals surface area contributed by atoms with Crippen LogP contribution in [-0.4, -0.2) is 63.8 Å². The molecule has 1 aliphatic heterocycles. The number of rotatable bonds is 8. The Kier molecular flexibility index (Phi) is 7.48. The minimum Gasteiger partial charge on any atom is -0.378 e. The third kappa shape index (κ3) is 5.52. The number of ether oxygens (including phenoxy) is 1. The molecule has 3 heterocycles. The molecule has 1 fully saturated rings. The van der Waals surface area contributed by atoms with E-state index in [0.717, 1.165) is 46.2 Å². The largest absolute Gasteiger partial charge is 0.378 e. The average Bonchev–Trinajstić information content (AvgIpc) is 3.31. The number of hydrogen-bond acceptors (Lipinski definition) is 7. The second kappa shape index (κ2) is 11.1. The summed E-state index contributed by atoms with van der Waals surface area (Å²) in [5.41, 5.74) is 3.63. The van der Waals surface area contributed by atoms with E-state index in [0.29, 0.717) is 37.1 Å². The molecule has 8 nitrogen and oxygen atoms in total. The summed E-state index contributed by atoms with van der Waals surface area (Å²) in [6.07, 6.45) is 1.83. The number of anilines is 1. The molecule has 2 aromatic carbocycles. The number of amides is 1. The van der Waals surface area contributed by atoms with Gasteiger partial charge in [-0.15, -0.1) is 0 Å². The van der Waals surface area contributed by atoms with E-state index in [4.69, 9.17) is 14.7 Å². The van der Waals surface area contributed by atoms with Crippen LogP contribution in [0.4, 0.5) is 5.82 Å². The van der Waals surface area contributed by atoms with Gasteiger partial charge in [0.1, 0.15) is 5.82 Å². The Morgan fingerprint density at radius 2 is 1.75 bits per heavy atom. The van der Waals surface area contributed by atoms with Crippen molar-refractivity contribution >= 4 is 34.5 Å². The minimum atomic E-state index is -0.106. The summed E-state index contributed by atoms with van der Waals surface area (Å²) in [5.74, 6) is 0.797. The predicted octanol–water partition coefficient (Wildman–Crippen LogP) is 4.26. The van der Waals surface area contributed by atoms with E-state index in [2.05, 4.69) is 41.3 Å². The van der Waals surface area contributed by atoms with Crippen molar-refractivity contribution in [1.82, 2.24) is 25.1 Å². The van der Waals surface area contributed by atoms with Crippen molar-refractivity contribution in [2.24, 2.45) is 0 Å². The fraction of sp³-hybridized carbons (Fsp3) is 0.333. The van der Waals surface area contributed by atoms with Crippen molar-refractivity contribution in [2.75, 3.05) is 37.7 Å². The minimum absolute atomic E-state index is 0.106. The zero-order valence-corrected chi connectivity index (χ0v) is 21.4. The van der Waals surface area contributed by atoms with E-state index >= 15 is 0 Å². The van der Waals surface area contributed by atoms with Crippen molar-refractivity contribution in [3.8, 4) is 11.1 Å². The van der Waals surface area contributed by atoms with E-state index < -0.39 is 0 Å². The van der Waals surface area contributed by atoms with Gasteiger partial charge >= 0.3 is 0 Å². The number of nitrogens with zero attached hydrogens (tertiary/aromatic N) is 5. The van der Waals surface area contributed by atoms with Crippen molar-refractivity contribution in [2.45, 2.75) is 30.8 Å². The molecule has 2 aromatic heterocycles. The lowest BCUT2D eigenvalue weighted by molar-refractivity contribution is 0.0952. The Balaban J connectivity index is 1.28.